The highest BCUT2D eigenvalue weighted by Crippen LogP contribution is 2.29. The van der Waals surface area contributed by atoms with E-state index in [0.717, 1.165) is 12.1 Å². The zero-order chi connectivity index (χ0) is 13.9. The van der Waals surface area contributed by atoms with E-state index < -0.39 is 30.8 Å². The molecule has 0 spiro atoms. The molecule has 8 heteroatoms. The maximum atomic E-state index is 12.6. The third kappa shape index (κ3) is 3.73. The van der Waals surface area contributed by atoms with Gasteiger partial charge in [0.1, 0.15) is 0 Å². The molecule has 102 valence electrons. The van der Waals surface area contributed by atoms with E-state index in [0.29, 0.717) is 0 Å². The second kappa shape index (κ2) is 5.38. The molecule has 3 nitrogen and oxygen atoms in total. The van der Waals surface area contributed by atoms with E-state index in [-0.39, 0.29) is 11.4 Å². The molecule has 0 amide bonds. The number of aliphatic hydroxyl groups is 1. The van der Waals surface area contributed by atoms with Crippen molar-refractivity contribution in [3.05, 3.63) is 23.8 Å². The summed E-state index contributed by atoms with van der Waals surface area (Å²) in [6.45, 7) is -0.910. The molecule has 1 rings (SSSR count). The zero-order valence-corrected chi connectivity index (χ0v) is 9.01. The van der Waals surface area contributed by atoms with Crippen LogP contribution in [-0.2, 0) is 0 Å². The van der Waals surface area contributed by atoms with E-state index in [1.165, 1.54) is 6.07 Å². The van der Waals surface area contributed by atoms with Crippen LogP contribution in [0, 0.1) is 0 Å². The number of nitrogen functional groups attached to an aromatic ring is 1. The van der Waals surface area contributed by atoms with Gasteiger partial charge in [0, 0.05) is 23.5 Å². The Labute approximate surface area is 99.4 Å². The van der Waals surface area contributed by atoms with Crippen LogP contribution in [0.1, 0.15) is 12.0 Å². The van der Waals surface area contributed by atoms with Gasteiger partial charge >= 0.3 is 6.18 Å². The summed E-state index contributed by atoms with van der Waals surface area (Å²) < 4.78 is 61.2. The Morgan fingerprint density at radius 1 is 1.28 bits per heavy atom. The largest absolute Gasteiger partial charge is 0.416 e. The van der Waals surface area contributed by atoms with Gasteiger partial charge in [-0.25, -0.2) is 8.78 Å². The van der Waals surface area contributed by atoms with Crippen molar-refractivity contribution < 1.29 is 27.1 Å². The molecule has 1 aromatic rings. The summed E-state index contributed by atoms with van der Waals surface area (Å²) in [6, 6.07) is 3.38. The molecule has 4 N–H and O–H groups in total. The van der Waals surface area contributed by atoms with E-state index in [1.54, 1.807) is 0 Å². The minimum absolute atomic E-state index is 0.0761. The molecule has 0 aliphatic rings. The molecule has 1 aromatic carbocycles. The summed E-state index contributed by atoms with van der Waals surface area (Å²) in [5.41, 5.74) is 4.67. The Kier molecular flexibility index (Phi) is 4.33. The average Bonchev–Trinajstić information content (AvgIpc) is 2.25. The number of nitrogens with two attached hydrogens (primary N) is 1. The molecular weight excluding hydrogens is 259 g/mol. The predicted octanol–water partition coefficient (Wildman–Crippen LogP) is 2.54. The summed E-state index contributed by atoms with van der Waals surface area (Å²) in [6.07, 6.45) is -10.3. The highest BCUT2D eigenvalue weighted by Gasteiger charge is 2.38. The first kappa shape index (κ1) is 14.5. The maximum absolute atomic E-state index is 12.6. The van der Waals surface area contributed by atoms with E-state index in [4.69, 9.17) is 10.8 Å². The van der Waals surface area contributed by atoms with Gasteiger partial charge in [0.15, 0.2) is 6.10 Å². The number of aliphatic hydroxyl groups excluding tert-OH is 1. The van der Waals surface area contributed by atoms with Crippen LogP contribution in [0.3, 0.4) is 0 Å². The Morgan fingerprint density at radius 2 is 1.89 bits per heavy atom. The fraction of sp³-hybridized carbons (Fsp3) is 0.400. The lowest BCUT2D eigenvalue weighted by Crippen LogP contribution is -2.35. The van der Waals surface area contributed by atoms with Crippen LogP contribution in [-0.4, -0.2) is 23.9 Å². The summed E-state index contributed by atoms with van der Waals surface area (Å²) >= 11 is 0. The fourth-order valence-electron chi connectivity index (χ4n) is 1.25. The number of hydrogen-bond acceptors (Lipinski definition) is 3. The van der Waals surface area contributed by atoms with Crippen LogP contribution in [0.5, 0.6) is 0 Å². The predicted molar refractivity (Wildman–Crippen MR) is 56.4 cm³/mol. The van der Waals surface area contributed by atoms with Gasteiger partial charge in [-0.05, 0) is 18.2 Å². The SMILES string of the molecule is Nc1ccc(NCC(O)C(F)(F)F)c(C(F)F)c1. The fourth-order valence-corrected chi connectivity index (χ4v) is 1.25. The zero-order valence-electron chi connectivity index (χ0n) is 9.01. The molecule has 0 aliphatic heterocycles. The number of hydrogen-bond donors (Lipinski definition) is 3. The molecular formula is C10H11F5N2O. The number of rotatable bonds is 4. The van der Waals surface area contributed by atoms with E-state index in [2.05, 4.69) is 5.32 Å². The quantitative estimate of drug-likeness (QED) is 0.582. The molecule has 0 heterocycles. The van der Waals surface area contributed by atoms with Crippen molar-refractivity contribution in [2.75, 3.05) is 17.6 Å². The number of anilines is 2. The number of halogens is 5. The topological polar surface area (TPSA) is 58.3 Å². The number of benzene rings is 1. The second-order valence-electron chi connectivity index (χ2n) is 3.59. The molecule has 1 unspecified atom stereocenters. The van der Waals surface area contributed by atoms with Crippen molar-refractivity contribution in [2.24, 2.45) is 0 Å². The summed E-state index contributed by atoms with van der Waals surface area (Å²) in [4.78, 5) is 0. The van der Waals surface area contributed by atoms with Gasteiger partial charge in [0.25, 0.3) is 6.43 Å². The van der Waals surface area contributed by atoms with Crippen LogP contribution < -0.4 is 11.1 Å². The Balaban J connectivity index is 2.79. The highest BCUT2D eigenvalue weighted by atomic mass is 19.4. The van der Waals surface area contributed by atoms with Gasteiger partial charge in [0.05, 0.1) is 0 Å². The van der Waals surface area contributed by atoms with Crippen LogP contribution in [0.15, 0.2) is 18.2 Å². The van der Waals surface area contributed by atoms with E-state index in [1.807, 2.05) is 0 Å². The lowest BCUT2D eigenvalue weighted by Gasteiger charge is -2.17. The molecule has 1 atom stereocenters. The summed E-state index contributed by atoms with van der Waals surface area (Å²) in [5.74, 6) is 0. The van der Waals surface area contributed by atoms with Crippen molar-refractivity contribution in [1.82, 2.24) is 0 Å². The smallest absolute Gasteiger partial charge is 0.399 e. The Hall–Kier alpha value is -1.57. The lowest BCUT2D eigenvalue weighted by atomic mass is 10.1. The Bertz CT molecular complexity index is 408. The first-order valence-electron chi connectivity index (χ1n) is 4.88. The van der Waals surface area contributed by atoms with Crippen LogP contribution >= 0.6 is 0 Å². The average molecular weight is 270 g/mol. The van der Waals surface area contributed by atoms with Gasteiger partial charge in [-0.2, -0.15) is 13.2 Å². The first-order valence-corrected chi connectivity index (χ1v) is 4.88. The van der Waals surface area contributed by atoms with Gasteiger partial charge in [-0.3, -0.25) is 0 Å². The van der Waals surface area contributed by atoms with Crippen molar-refractivity contribution in [2.45, 2.75) is 18.7 Å². The first-order chi connectivity index (χ1) is 8.21. The minimum Gasteiger partial charge on any atom is -0.399 e. The molecule has 0 saturated heterocycles. The third-order valence-electron chi connectivity index (χ3n) is 2.17. The normalized spacial score (nSPS) is 13.7. The van der Waals surface area contributed by atoms with E-state index >= 15 is 0 Å². The van der Waals surface area contributed by atoms with Crippen LogP contribution in [0.25, 0.3) is 0 Å². The molecule has 0 fully saturated rings. The van der Waals surface area contributed by atoms with Crippen LogP contribution in [0.2, 0.25) is 0 Å². The Morgan fingerprint density at radius 3 is 2.39 bits per heavy atom. The van der Waals surface area contributed by atoms with Crippen molar-refractivity contribution in [3.8, 4) is 0 Å². The lowest BCUT2D eigenvalue weighted by molar-refractivity contribution is -0.198. The standard InChI is InChI=1S/C10H11F5N2O/c11-9(12)6-3-5(16)1-2-7(6)17-4-8(18)10(13,14)15/h1-3,8-9,17-18H,4,16H2. The van der Waals surface area contributed by atoms with Gasteiger partial charge < -0.3 is 16.2 Å². The molecule has 0 aliphatic carbocycles. The number of alkyl halides is 5. The van der Waals surface area contributed by atoms with Gasteiger partial charge in [-0.15, -0.1) is 0 Å². The summed E-state index contributed by atoms with van der Waals surface area (Å²) in [7, 11) is 0. The van der Waals surface area contributed by atoms with Crippen molar-refractivity contribution >= 4 is 11.4 Å². The van der Waals surface area contributed by atoms with Gasteiger partial charge in [0.2, 0.25) is 0 Å². The van der Waals surface area contributed by atoms with Gasteiger partial charge in [-0.1, -0.05) is 0 Å². The number of nitrogens with one attached hydrogen (secondary N) is 1. The molecule has 0 saturated carbocycles. The van der Waals surface area contributed by atoms with E-state index in [9.17, 15) is 22.0 Å². The minimum atomic E-state index is -4.80. The molecule has 18 heavy (non-hydrogen) atoms. The molecule has 0 bridgehead atoms. The monoisotopic (exact) mass is 270 g/mol. The maximum Gasteiger partial charge on any atom is 0.416 e. The third-order valence-corrected chi connectivity index (χ3v) is 2.17. The second-order valence-corrected chi connectivity index (χ2v) is 3.59. The summed E-state index contributed by atoms with van der Waals surface area (Å²) in [5, 5.41) is 10.9. The highest BCUT2D eigenvalue weighted by molar-refractivity contribution is 5.58. The van der Waals surface area contributed by atoms with Crippen molar-refractivity contribution in [1.29, 1.82) is 0 Å². The van der Waals surface area contributed by atoms with Crippen LogP contribution in [0.4, 0.5) is 33.3 Å². The molecule has 0 radical (unpaired) electrons. The van der Waals surface area contributed by atoms with Crippen molar-refractivity contribution in [3.63, 3.8) is 0 Å². The molecule has 0 aromatic heterocycles.